The molecule has 137 valence electrons. The Kier molecular flexibility index (Phi) is 6.54. The summed E-state index contributed by atoms with van der Waals surface area (Å²) < 4.78 is 2.14. The molecular formula is C23H23NO2Y-2. The topological polar surface area (TPSA) is 42.2 Å². The van der Waals surface area contributed by atoms with Crippen molar-refractivity contribution in [2.75, 3.05) is 0 Å². The summed E-state index contributed by atoms with van der Waals surface area (Å²) in [5, 5.41) is 10.5. The van der Waals surface area contributed by atoms with Crippen LogP contribution in [-0.2, 0) is 39.3 Å². The molecule has 1 aromatic heterocycles. The maximum Gasteiger partial charge on any atom is 0.247 e. The normalized spacial score (nSPS) is 14.9. The Hall–Kier alpha value is -1.45. The molecule has 27 heavy (non-hydrogen) atoms. The third-order valence-corrected chi connectivity index (χ3v) is 5.52. The number of carboxylic acids is 1. The van der Waals surface area contributed by atoms with Gasteiger partial charge in [-0.3, -0.25) is 0 Å². The summed E-state index contributed by atoms with van der Waals surface area (Å²) in [5.74, 6) is -0.428. The number of aromatic carboxylic acids is 1. The van der Waals surface area contributed by atoms with Gasteiger partial charge in [-0.2, -0.15) is 0 Å². The zero-order valence-electron chi connectivity index (χ0n) is 15.4. The first-order valence-corrected chi connectivity index (χ1v) is 9.37. The average molecular weight is 434 g/mol. The summed E-state index contributed by atoms with van der Waals surface area (Å²) in [6, 6.07) is 17.2. The van der Waals surface area contributed by atoms with Gasteiger partial charge < -0.3 is 21.4 Å². The minimum Gasteiger partial charge on any atom is -0.521 e. The molecule has 4 rings (SSSR count). The van der Waals surface area contributed by atoms with Crippen molar-refractivity contribution in [3.8, 4) is 11.3 Å². The summed E-state index contributed by atoms with van der Waals surface area (Å²) in [4.78, 5) is 11.5. The molecule has 0 bridgehead atoms. The van der Waals surface area contributed by atoms with Gasteiger partial charge in [-0.25, -0.2) is 0 Å². The number of aromatic nitrogens is 1. The van der Waals surface area contributed by atoms with Crippen LogP contribution >= 0.6 is 0 Å². The number of hydrogen-bond donors (Lipinski definition) is 1. The molecule has 1 N–H and O–H groups in total. The van der Waals surface area contributed by atoms with Crippen LogP contribution in [0.15, 0.2) is 42.5 Å². The van der Waals surface area contributed by atoms with Crippen LogP contribution in [0.1, 0.15) is 53.9 Å². The van der Waals surface area contributed by atoms with E-state index in [0.717, 1.165) is 16.5 Å². The number of fused-ring (bicyclic) bond motifs is 1. The second-order valence-electron chi connectivity index (χ2n) is 7.05. The fourth-order valence-electron chi connectivity index (χ4n) is 4.36. The van der Waals surface area contributed by atoms with E-state index in [1.165, 1.54) is 43.4 Å². The third-order valence-electron chi connectivity index (χ3n) is 5.52. The summed E-state index contributed by atoms with van der Waals surface area (Å²) in [7, 11) is 0. The van der Waals surface area contributed by atoms with Crippen molar-refractivity contribution in [1.29, 1.82) is 0 Å². The molecule has 0 amide bonds. The van der Waals surface area contributed by atoms with E-state index in [2.05, 4.69) is 41.8 Å². The first-order valence-electron chi connectivity index (χ1n) is 9.37. The van der Waals surface area contributed by atoms with Gasteiger partial charge in [0.1, 0.15) is 0 Å². The number of benzene rings is 2. The summed E-state index contributed by atoms with van der Waals surface area (Å²) >= 11 is 0. The second-order valence-corrected chi connectivity index (χ2v) is 7.05. The number of rotatable bonds is 4. The van der Waals surface area contributed by atoms with Gasteiger partial charge in [-0.05, 0) is 29.8 Å². The van der Waals surface area contributed by atoms with Gasteiger partial charge in [0, 0.05) is 38.4 Å². The van der Waals surface area contributed by atoms with E-state index in [9.17, 15) is 9.90 Å². The number of carbonyl (C=O) groups is 1. The van der Waals surface area contributed by atoms with E-state index in [4.69, 9.17) is 0 Å². The van der Waals surface area contributed by atoms with E-state index in [1.807, 2.05) is 12.1 Å². The first-order chi connectivity index (χ1) is 12.7. The van der Waals surface area contributed by atoms with Crippen LogP contribution in [0.5, 0.6) is 0 Å². The monoisotopic (exact) mass is 434 g/mol. The quantitative estimate of drug-likeness (QED) is 0.537. The van der Waals surface area contributed by atoms with Gasteiger partial charge >= 0.3 is 0 Å². The Morgan fingerprint density at radius 3 is 2.44 bits per heavy atom. The fourth-order valence-corrected chi connectivity index (χ4v) is 4.36. The van der Waals surface area contributed by atoms with Gasteiger partial charge in [-0.15, -0.1) is 24.7 Å². The zero-order chi connectivity index (χ0) is 18.1. The number of hydrogen-bond acceptors (Lipinski definition) is 1. The molecule has 3 aromatic rings. The van der Waals surface area contributed by atoms with Gasteiger partial charge in [0.25, 0.3) is 0 Å². The van der Waals surface area contributed by atoms with Crippen molar-refractivity contribution in [2.45, 2.75) is 44.6 Å². The smallest absolute Gasteiger partial charge is 0.247 e. The molecule has 1 fully saturated rings. The SMILES string of the molecule is [CH2-]Cn1c(-c2ccccc2)c(C2CCCCC2)c2ccc(C(=O)O)[c-]c21.[Y]. The van der Waals surface area contributed by atoms with E-state index in [1.54, 1.807) is 6.07 Å². The van der Waals surface area contributed by atoms with E-state index in [-0.39, 0.29) is 38.3 Å². The average Bonchev–Trinajstić information content (AvgIpc) is 3.02. The Labute approximate surface area is 185 Å². The molecule has 1 saturated carbocycles. The summed E-state index contributed by atoms with van der Waals surface area (Å²) in [5.41, 5.74) is 4.76. The zero-order valence-corrected chi connectivity index (χ0v) is 18.3. The Bertz CT molecular complexity index is 940. The molecule has 1 aliphatic rings. The molecule has 0 unspecified atom stereocenters. The largest absolute Gasteiger partial charge is 0.521 e. The van der Waals surface area contributed by atoms with Crippen molar-refractivity contribution >= 4 is 16.9 Å². The van der Waals surface area contributed by atoms with Crippen LogP contribution in [0.2, 0.25) is 0 Å². The molecule has 0 spiro atoms. The Balaban J connectivity index is 0.00000210. The third kappa shape index (κ3) is 3.77. The van der Waals surface area contributed by atoms with Crippen LogP contribution in [0.4, 0.5) is 0 Å². The number of nitrogens with zero attached hydrogens (tertiary/aromatic N) is 1. The van der Waals surface area contributed by atoms with Crippen molar-refractivity contribution in [3.05, 3.63) is 66.6 Å². The standard InChI is InChI=1S/C23H23NO2.Y/c1-2-24-20-15-18(23(25)26)13-14-19(20)21(16-9-5-3-6-10-16)22(24)17-11-7-4-8-12-17;/h4,7-8,11-14,16H,1-3,5-6,9-10H2,(H,25,26);/q-2;. The van der Waals surface area contributed by atoms with Gasteiger partial charge in [-0.1, -0.05) is 66.1 Å². The molecule has 1 aliphatic carbocycles. The number of carboxylic acid groups (broad SMARTS) is 1. The van der Waals surface area contributed by atoms with E-state index < -0.39 is 5.97 Å². The second kappa shape index (κ2) is 8.71. The first kappa shape index (κ1) is 20.3. The van der Waals surface area contributed by atoms with Crippen LogP contribution in [0, 0.1) is 13.0 Å². The van der Waals surface area contributed by atoms with Crippen molar-refractivity contribution < 1.29 is 42.6 Å². The molecule has 0 aliphatic heterocycles. The Morgan fingerprint density at radius 1 is 1.11 bits per heavy atom. The predicted octanol–water partition coefficient (Wildman–Crippen LogP) is 5.69. The fraction of sp³-hybridized carbons (Fsp3) is 0.304. The molecule has 1 heterocycles. The minimum atomic E-state index is -0.941. The van der Waals surface area contributed by atoms with Crippen LogP contribution in [-0.4, -0.2) is 15.6 Å². The van der Waals surface area contributed by atoms with Gasteiger partial charge in [0.05, 0.1) is 0 Å². The predicted molar refractivity (Wildman–Crippen MR) is 104 cm³/mol. The molecule has 0 atom stereocenters. The molecular weight excluding hydrogens is 411 g/mol. The summed E-state index contributed by atoms with van der Waals surface area (Å²) in [6.07, 6.45) is 6.20. The maximum absolute atomic E-state index is 11.5. The molecule has 0 saturated heterocycles. The van der Waals surface area contributed by atoms with Gasteiger partial charge in [0.2, 0.25) is 5.97 Å². The Morgan fingerprint density at radius 2 is 1.81 bits per heavy atom. The van der Waals surface area contributed by atoms with E-state index in [0.29, 0.717) is 12.5 Å². The van der Waals surface area contributed by atoms with Crippen molar-refractivity contribution in [2.24, 2.45) is 0 Å². The summed E-state index contributed by atoms with van der Waals surface area (Å²) in [6.45, 7) is 4.67. The van der Waals surface area contributed by atoms with Crippen LogP contribution in [0.3, 0.4) is 0 Å². The van der Waals surface area contributed by atoms with Crippen LogP contribution in [0.25, 0.3) is 22.2 Å². The molecule has 3 nitrogen and oxygen atoms in total. The molecule has 4 heteroatoms. The van der Waals surface area contributed by atoms with Crippen molar-refractivity contribution in [3.63, 3.8) is 0 Å². The minimum absolute atomic E-state index is 0. The molecule has 2 aromatic carbocycles. The van der Waals surface area contributed by atoms with Crippen LogP contribution < -0.4 is 0 Å². The maximum atomic E-state index is 11.5. The molecule has 1 radical (unpaired) electrons. The van der Waals surface area contributed by atoms with Crippen molar-refractivity contribution in [1.82, 2.24) is 4.57 Å². The van der Waals surface area contributed by atoms with Gasteiger partial charge in [0.15, 0.2) is 0 Å². The van der Waals surface area contributed by atoms with E-state index >= 15 is 0 Å².